The molecule has 1 fully saturated rings. The number of hydrogen-bond acceptors (Lipinski definition) is 3. The van der Waals surface area contributed by atoms with Gasteiger partial charge in [0.1, 0.15) is 0 Å². The first kappa shape index (κ1) is 15.3. The molecule has 0 amide bonds. The molecule has 2 heterocycles. The summed E-state index contributed by atoms with van der Waals surface area (Å²) in [5, 5.41) is 8.62. The molecule has 3 nitrogen and oxygen atoms in total. The van der Waals surface area contributed by atoms with Gasteiger partial charge in [-0.25, -0.2) is 4.79 Å². The first-order valence-electron chi connectivity index (χ1n) is 7.39. The van der Waals surface area contributed by atoms with E-state index in [1.807, 2.05) is 6.07 Å². The standard InChI is InChI=1S/C16H23NO2S/c1-2-3-13-8-10-17(11-9-13)12-15-5-4-14(20-15)6-7-16(18)19/h4-7,13H,2-3,8-12H2,1H3,(H,18,19). The average molecular weight is 293 g/mol. The summed E-state index contributed by atoms with van der Waals surface area (Å²) in [6.07, 6.45) is 8.19. The van der Waals surface area contributed by atoms with Crippen LogP contribution in [0.5, 0.6) is 0 Å². The molecule has 1 aromatic heterocycles. The minimum absolute atomic E-state index is 0.891. The number of carboxylic acid groups (broad SMARTS) is 1. The van der Waals surface area contributed by atoms with E-state index in [0.717, 1.165) is 17.3 Å². The maximum Gasteiger partial charge on any atom is 0.328 e. The van der Waals surface area contributed by atoms with Gasteiger partial charge < -0.3 is 5.11 Å². The van der Waals surface area contributed by atoms with Crippen LogP contribution in [0.4, 0.5) is 0 Å². The number of rotatable bonds is 6. The molecule has 1 aromatic rings. The Bertz CT molecular complexity index is 459. The second-order valence-corrected chi connectivity index (χ2v) is 6.68. The van der Waals surface area contributed by atoms with Crippen molar-refractivity contribution in [3.05, 3.63) is 28.0 Å². The zero-order chi connectivity index (χ0) is 14.4. The number of piperidine rings is 1. The second-order valence-electron chi connectivity index (χ2n) is 5.48. The third-order valence-electron chi connectivity index (χ3n) is 3.86. The maximum absolute atomic E-state index is 10.5. The van der Waals surface area contributed by atoms with Gasteiger partial charge in [-0.15, -0.1) is 11.3 Å². The summed E-state index contributed by atoms with van der Waals surface area (Å²) in [6, 6.07) is 4.12. The van der Waals surface area contributed by atoms with Gasteiger partial charge in [0, 0.05) is 22.4 Å². The Morgan fingerprint density at radius 2 is 2.20 bits per heavy atom. The third kappa shape index (κ3) is 4.76. The van der Waals surface area contributed by atoms with E-state index < -0.39 is 5.97 Å². The van der Waals surface area contributed by atoms with Crippen molar-refractivity contribution in [1.82, 2.24) is 4.90 Å². The van der Waals surface area contributed by atoms with E-state index in [4.69, 9.17) is 5.11 Å². The number of thiophene rings is 1. The predicted molar refractivity (Wildman–Crippen MR) is 83.9 cm³/mol. The van der Waals surface area contributed by atoms with E-state index in [9.17, 15) is 4.79 Å². The number of carbonyl (C=O) groups is 1. The van der Waals surface area contributed by atoms with Crippen LogP contribution in [0.15, 0.2) is 18.2 Å². The molecular weight excluding hydrogens is 270 g/mol. The Labute approximate surface area is 124 Å². The molecule has 0 aromatic carbocycles. The fourth-order valence-electron chi connectivity index (χ4n) is 2.78. The van der Waals surface area contributed by atoms with E-state index in [1.54, 1.807) is 17.4 Å². The maximum atomic E-state index is 10.5. The molecule has 1 N–H and O–H groups in total. The number of likely N-dealkylation sites (tertiary alicyclic amines) is 1. The third-order valence-corrected chi connectivity index (χ3v) is 4.89. The molecule has 110 valence electrons. The average Bonchev–Trinajstić information content (AvgIpc) is 2.87. The molecule has 0 unspecified atom stereocenters. The predicted octanol–water partition coefficient (Wildman–Crippen LogP) is 3.86. The van der Waals surface area contributed by atoms with Gasteiger partial charge in [-0.3, -0.25) is 4.90 Å². The SMILES string of the molecule is CCCC1CCN(Cc2ccc(C=CC(=O)O)s2)CC1. The summed E-state index contributed by atoms with van der Waals surface area (Å²) in [5.41, 5.74) is 0. The highest BCUT2D eigenvalue weighted by molar-refractivity contribution is 7.12. The Hall–Kier alpha value is -1.13. The molecule has 0 aliphatic carbocycles. The Balaban J connectivity index is 1.81. The van der Waals surface area contributed by atoms with Crippen LogP contribution >= 0.6 is 11.3 Å². The summed E-state index contributed by atoms with van der Waals surface area (Å²) in [4.78, 5) is 15.3. The molecular formula is C16H23NO2S. The first-order chi connectivity index (χ1) is 9.67. The summed E-state index contributed by atoms with van der Waals surface area (Å²) in [7, 11) is 0. The van der Waals surface area contributed by atoms with Crippen LogP contribution < -0.4 is 0 Å². The van der Waals surface area contributed by atoms with E-state index in [2.05, 4.69) is 17.9 Å². The van der Waals surface area contributed by atoms with E-state index in [0.29, 0.717) is 0 Å². The number of carboxylic acids is 1. The Kier molecular flexibility index (Phi) is 5.80. The molecule has 4 heteroatoms. The van der Waals surface area contributed by atoms with E-state index in [-0.39, 0.29) is 0 Å². The molecule has 20 heavy (non-hydrogen) atoms. The van der Waals surface area contributed by atoms with Gasteiger partial charge in [-0.05, 0) is 50.1 Å². The van der Waals surface area contributed by atoms with Crippen molar-refractivity contribution in [2.45, 2.75) is 39.2 Å². The van der Waals surface area contributed by atoms with Gasteiger partial charge in [-0.1, -0.05) is 19.8 Å². The van der Waals surface area contributed by atoms with Crippen LogP contribution in [0.3, 0.4) is 0 Å². The molecule has 1 saturated heterocycles. The number of aliphatic carboxylic acids is 1. The minimum Gasteiger partial charge on any atom is -0.478 e. The second kappa shape index (κ2) is 7.60. The fraction of sp³-hybridized carbons (Fsp3) is 0.562. The van der Waals surface area contributed by atoms with Crippen LogP contribution in [0, 0.1) is 5.92 Å². The van der Waals surface area contributed by atoms with Gasteiger partial charge in [0.2, 0.25) is 0 Å². The topological polar surface area (TPSA) is 40.5 Å². The van der Waals surface area contributed by atoms with Crippen molar-refractivity contribution in [1.29, 1.82) is 0 Å². The molecule has 0 saturated carbocycles. The molecule has 0 radical (unpaired) electrons. The fourth-order valence-corrected chi connectivity index (χ4v) is 3.74. The van der Waals surface area contributed by atoms with Crippen molar-refractivity contribution in [3.8, 4) is 0 Å². The minimum atomic E-state index is -0.891. The monoisotopic (exact) mass is 293 g/mol. The summed E-state index contributed by atoms with van der Waals surface area (Å²) in [6.45, 7) is 5.67. The highest BCUT2D eigenvalue weighted by Crippen LogP contribution is 2.25. The lowest BCUT2D eigenvalue weighted by Gasteiger charge is -2.31. The van der Waals surface area contributed by atoms with Crippen LogP contribution in [-0.2, 0) is 11.3 Å². The van der Waals surface area contributed by atoms with Crippen molar-refractivity contribution < 1.29 is 9.90 Å². The van der Waals surface area contributed by atoms with Crippen LogP contribution in [0.25, 0.3) is 6.08 Å². The number of hydrogen-bond donors (Lipinski definition) is 1. The summed E-state index contributed by atoms with van der Waals surface area (Å²) >= 11 is 1.69. The molecule has 0 spiro atoms. The molecule has 1 aliphatic heterocycles. The Morgan fingerprint density at radius 3 is 2.85 bits per heavy atom. The van der Waals surface area contributed by atoms with Crippen molar-refractivity contribution in [2.24, 2.45) is 5.92 Å². The normalized spacial score (nSPS) is 17.9. The molecule has 2 rings (SSSR count). The van der Waals surface area contributed by atoms with Crippen molar-refractivity contribution in [2.75, 3.05) is 13.1 Å². The highest BCUT2D eigenvalue weighted by atomic mass is 32.1. The van der Waals surface area contributed by atoms with Gasteiger partial charge in [0.15, 0.2) is 0 Å². The van der Waals surface area contributed by atoms with Gasteiger partial charge in [0.05, 0.1) is 0 Å². The molecule has 0 atom stereocenters. The van der Waals surface area contributed by atoms with E-state index >= 15 is 0 Å². The number of nitrogens with zero attached hydrogens (tertiary/aromatic N) is 1. The zero-order valence-corrected chi connectivity index (χ0v) is 12.9. The van der Waals surface area contributed by atoms with Gasteiger partial charge in [0.25, 0.3) is 0 Å². The highest BCUT2D eigenvalue weighted by Gasteiger charge is 2.18. The lowest BCUT2D eigenvalue weighted by molar-refractivity contribution is -0.131. The lowest BCUT2D eigenvalue weighted by Crippen LogP contribution is -2.32. The molecule has 0 bridgehead atoms. The largest absolute Gasteiger partial charge is 0.478 e. The van der Waals surface area contributed by atoms with Crippen molar-refractivity contribution in [3.63, 3.8) is 0 Å². The van der Waals surface area contributed by atoms with Gasteiger partial charge in [-0.2, -0.15) is 0 Å². The van der Waals surface area contributed by atoms with Crippen molar-refractivity contribution >= 4 is 23.4 Å². The summed E-state index contributed by atoms with van der Waals surface area (Å²) < 4.78 is 0. The first-order valence-corrected chi connectivity index (χ1v) is 8.21. The zero-order valence-electron chi connectivity index (χ0n) is 12.0. The molecule has 1 aliphatic rings. The van der Waals surface area contributed by atoms with Crippen LogP contribution in [0.1, 0.15) is 42.4 Å². The lowest BCUT2D eigenvalue weighted by atomic mass is 9.92. The van der Waals surface area contributed by atoms with Crippen LogP contribution in [-0.4, -0.2) is 29.1 Å². The van der Waals surface area contributed by atoms with Gasteiger partial charge >= 0.3 is 5.97 Å². The van der Waals surface area contributed by atoms with E-state index in [1.165, 1.54) is 49.7 Å². The quantitative estimate of drug-likeness (QED) is 0.810. The summed E-state index contributed by atoms with van der Waals surface area (Å²) in [5.74, 6) is 0.0339. The Morgan fingerprint density at radius 1 is 1.45 bits per heavy atom. The van der Waals surface area contributed by atoms with Crippen LogP contribution in [0.2, 0.25) is 0 Å². The smallest absolute Gasteiger partial charge is 0.328 e.